The first-order valence-electron chi connectivity index (χ1n) is 7.02. The van der Waals surface area contributed by atoms with Crippen molar-refractivity contribution in [2.75, 3.05) is 5.32 Å². The van der Waals surface area contributed by atoms with Gasteiger partial charge in [0.15, 0.2) is 0 Å². The van der Waals surface area contributed by atoms with E-state index in [4.69, 9.17) is 11.5 Å². The molecule has 6 heteroatoms. The third kappa shape index (κ3) is 5.07. The second-order valence-electron chi connectivity index (χ2n) is 5.47. The molecule has 3 amide bonds. The Morgan fingerprint density at radius 2 is 1.86 bits per heavy atom. The number of hydrogen-bond donors (Lipinski definition) is 4. The summed E-state index contributed by atoms with van der Waals surface area (Å²) in [5.41, 5.74) is 11.7. The first-order chi connectivity index (χ1) is 9.76. The van der Waals surface area contributed by atoms with E-state index in [1.807, 2.05) is 26.0 Å². The van der Waals surface area contributed by atoms with Crippen molar-refractivity contribution in [3.05, 3.63) is 29.8 Å². The van der Waals surface area contributed by atoms with Gasteiger partial charge in [0.1, 0.15) is 0 Å². The monoisotopic (exact) mass is 292 g/mol. The highest BCUT2D eigenvalue weighted by Crippen LogP contribution is 2.17. The zero-order chi connectivity index (χ0) is 16.0. The van der Waals surface area contributed by atoms with Crippen molar-refractivity contribution in [1.82, 2.24) is 5.32 Å². The lowest BCUT2D eigenvalue weighted by Gasteiger charge is -2.25. The summed E-state index contributed by atoms with van der Waals surface area (Å²) in [6, 6.07) is 6.34. The molecule has 0 fully saturated rings. The van der Waals surface area contributed by atoms with Crippen LogP contribution in [0.25, 0.3) is 0 Å². The summed E-state index contributed by atoms with van der Waals surface area (Å²) in [6.07, 6.45) is 1.48. The molecule has 0 aliphatic rings. The van der Waals surface area contributed by atoms with Crippen LogP contribution in [0, 0.1) is 0 Å². The summed E-state index contributed by atoms with van der Waals surface area (Å²) in [6.45, 7) is 5.61. The molecule has 0 aliphatic heterocycles. The summed E-state index contributed by atoms with van der Waals surface area (Å²) >= 11 is 0. The van der Waals surface area contributed by atoms with Gasteiger partial charge in [-0.1, -0.05) is 25.5 Å². The first kappa shape index (κ1) is 17.0. The lowest BCUT2D eigenvalue weighted by Crippen LogP contribution is -2.52. The molecule has 21 heavy (non-hydrogen) atoms. The Bertz CT molecular complexity index is 497. The van der Waals surface area contributed by atoms with Crippen LogP contribution in [0.3, 0.4) is 0 Å². The van der Waals surface area contributed by atoms with E-state index in [9.17, 15) is 9.59 Å². The van der Waals surface area contributed by atoms with E-state index in [0.29, 0.717) is 12.1 Å². The molecule has 0 radical (unpaired) electrons. The Hall–Kier alpha value is -2.08. The van der Waals surface area contributed by atoms with Gasteiger partial charge in [0.25, 0.3) is 0 Å². The molecular formula is C15H24N4O2. The number of benzene rings is 1. The molecule has 6 nitrogen and oxygen atoms in total. The van der Waals surface area contributed by atoms with Crippen molar-refractivity contribution in [2.45, 2.75) is 45.2 Å². The van der Waals surface area contributed by atoms with Crippen molar-refractivity contribution in [1.29, 1.82) is 0 Å². The minimum absolute atomic E-state index is 0.167. The molecule has 0 aromatic heterocycles. The number of rotatable bonds is 6. The number of carbonyl (C=O) groups excluding carboxylic acids is 2. The summed E-state index contributed by atoms with van der Waals surface area (Å²) in [5, 5.41) is 5.39. The molecule has 2 unspecified atom stereocenters. The molecule has 6 N–H and O–H groups in total. The third-order valence-corrected chi connectivity index (χ3v) is 3.31. The molecule has 1 rings (SSSR count). The lowest BCUT2D eigenvalue weighted by molar-refractivity contribution is -0.126. The van der Waals surface area contributed by atoms with Crippen LogP contribution in [-0.2, 0) is 4.79 Å². The SMILES string of the molecule is CCCC(C)(N)C(=O)NC(C)c1ccc(NC(N)=O)cc1. The topological polar surface area (TPSA) is 110 Å². The van der Waals surface area contributed by atoms with Gasteiger partial charge < -0.3 is 22.1 Å². The number of anilines is 1. The number of hydrogen-bond acceptors (Lipinski definition) is 3. The van der Waals surface area contributed by atoms with Gasteiger partial charge in [-0.3, -0.25) is 4.79 Å². The number of nitrogens with one attached hydrogen (secondary N) is 2. The van der Waals surface area contributed by atoms with Crippen LogP contribution in [0.2, 0.25) is 0 Å². The van der Waals surface area contributed by atoms with Crippen LogP contribution in [-0.4, -0.2) is 17.5 Å². The van der Waals surface area contributed by atoms with E-state index in [1.54, 1.807) is 19.1 Å². The number of nitrogens with two attached hydrogens (primary N) is 2. The molecule has 0 bridgehead atoms. The smallest absolute Gasteiger partial charge is 0.316 e. The van der Waals surface area contributed by atoms with E-state index in [1.165, 1.54) is 0 Å². The fraction of sp³-hybridized carbons (Fsp3) is 0.467. The second-order valence-corrected chi connectivity index (χ2v) is 5.47. The molecular weight excluding hydrogens is 268 g/mol. The average molecular weight is 292 g/mol. The zero-order valence-electron chi connectivity index (χ0n) is 12.8. The van der Waals surface area contributed by atoms with Crippen LogP contribution in [0.5, 0.6) is 0 Å². The van der Waals surface area contributed by atoms with Gasteiger partial charge in [0, 0.05) is 5.69 Å². The van der Waals surface area contributed by atoms with E-state index >= 15 is 0 Å². The van der Waals surface area contributed by atoms with Gasteiger partial charge in [-0.2, -0.15) is 0 Å². The van der Waals surface area contributed by atoms with Gasteiger partial charge in [-0.25, -0.2) is 4.79 Å². The predicted octanol–water partition coefficient (Wildman–Crippen LogP) is 1.87. The fourth-order valence-electron chi connectivity index (χ4n) is 2.08. The number of primary amides is 1. The summed E-state index contributed by atoms with van der Waals surface area (Å²) in [7, 11) is 0. The molecule has 116 valence electrons. The molecule has 1 aromatic carbocycles. The Labute approximate surface area is 125 Å². The van der Waals surface area contributed by atoms with Gasteiger partial charge >= 0.3 is 6.03 Å². The van der Waals surface area contributed by atoms with Gasteiger partial charge in [-0.05, 0) is 38.0 Å². The largest absolute Gasteiger partial charge is 0.351 e. The number of urea groups is 1. The van der Waals surface area contributed by atoms with E-state index in [0.717, 1.165) is 12.0 Å². The van der Waals surface area contributed by atoms with Crippen molar-refractivity contribution < 1.29 is 9.59 Å². The van der Waals surface area contributed by atoms with Gasteiger partial charge in [0.05, 0.1) is 11.6 Å². The maximum Gasteiger partial charge on any atom is 0.316 e. The molecule has 0 saturated carbocycles. The normalized spacial score (nSPS) is 14.9. The summed E-state index contributed by atoms with van der Waals surface area (Å²) < 4.78 is 0. The molecule has 2 atom stereocenters. The lowest BCUT2D eigenvalue weighted by atomic mass is 9.95. The number of carbonyl (C=O) groups is 2. The second kappa shape index (κ2) is 7.08. The molecule has 0 heterocycles. The van der Waals surface area contributed by atoms with E-state index in [-0.39, 0.29) is 11.9 Å². The van der Waals surface area contributed by atoms with Crippen LogP contribution in [0.4, 0.5) is 10.5 Å². The zero-order valence-corrected chi connectivity index (χ0v) is 12.8. The van der Waals surface area contributed by atoms with Crippen LogP contribution in [0.1, 0.15) is 45.2 Å². The highest BCUT2D eigenvalue weighted by molar-refractivity contribution is 5.88. The Morgan fingerprint density at radius 3 is 2.33 bits per heavy atom. The Kier molecular flexibility index (Phi) is 5.72. The van der Waals surface area contributed by atoms with Crippen molar-refractivity contribution in [2.24, 2.45) is 11.5 Å². The molecule has 1 aromatic rings. The highest BCUT2D eigenvalue weighted by atomic mass is 16.2. The van der Waals surface area contributed by atoms with E-state index in [2.05, 4.69) is 10.6 Å². The summed E-state index contributed by atoms with van der Waals surface area (Å²) in [5.74, 6) is -0.170. The van der Waals surface area contributed by atoms with Crippen LogP contribution in [0.15, 0.2) is 24.3 Å². The molecule has 0 saturated heterocycles. The summed E-state index contributed by atoms with van der Waals surface area (Å²) in [4.78, 5) is 22.9. The minimum Gasteiger partial charge on any atom is -0.351 e. The van der Waals surface area contributed by atoms with Crippen molar-refractivity contribution in [3.8, 4) is 0 Å². The van der Waals surface area contributed by atoms with Gasteiger partial charge in [0.2, 0.25) is 5.91 Å². The quantitative estimate of drug-likeness (QED) is 0.642. The van der Waals surface area contributed by atoms with Crippen LogP contribution < -0.4 is 22.1 Å². The van der Waals surface area contributed by atoms with Crippen molar-refractivity contribution >= 4 is 17.6 Å². The Balaban J connectivity index is 2.69. The van der Waals surface area contributed by atoms with Crippen LogP contribution >= 0.6 is 0 Å². The molecule has 0 spiro atoms. The Morgan fingerprint density at radius 1 is 1.29 bits per heavy atom. The maximum atomic E-state index is 12.1. The number of amides is 3. The maximum absolute atomic E-state index is 12.1. The standard InChI is InChI=1S/C15H24N4O2/c1-4-9-15(3,17)13(20)18-10(2)11-5-7-12(8-6-11)19-14(16)21/h5-8,10H,4,9,17H2,1-3H3,(H,18,20)(H3,16,19,21). The van der Waals surface area contributed by atoms with Crippen molar-refractivity contribution in [3.63, 3.8) is 0 Å². The van der Waals surface area contributed by atoms with E-state index < -0.39 is 11.6 Å². The predicted molar refractivity (Wildman–Crippen MR) is 83.7 cm³/mol. The third-order valence-electron chi connectivity index (χ3n) is 3.31. The minimum atomic E-state index is -0.865. The molecule has 0 aliphatic carbocycles. The highest BCUT2D eigenvalue weighted by Gasteiger charge is 2.28. The fourth-order valence-corrected chi connectivity index (χ4v) is 2.08. The average Bonchev–Trinajstić information content (AvgIpc) is 2.38. The first-order valence-corrected chi connectivity index (χ1v) is 7.02. The van der Waals surface area contributed by atoms with Gasteiger partial charge in [-0.15, -0.1) is 0 Å².